The van der Waals surface area contributed by atoms with Crippen LogP contribution in [0.1, 0.15) is 31.4 Å². The Morgan fingerprint density at radius 1 is 1.19 bits per heavy atom. The standard InChI is InChI=1S/C14H16N2O5/c1-7(5-12(18)19)4-11(17)8-2-3-9-10(6-8)16-14(21)13(20)15-9/h2-3,6-7,11,17H,4-5H2,1H3,(H,15,20)(H,16,21)(H,18,19). The maximum atomic E-state index is 11.3. The summed E-state index contributed by atoms with van der Waals surface area (Å²) in [6.45, 7) is 1.75. The van der Waals surface area contributed by atoms with E-state index in [4.69, 9.17) is 5.11 Å². The predicted molar refractivity (Wildman–Crippen MR) is 76.2 cm³/mol. The Morgan fingerprint density at radius 3 is 2.43 bits per heavy atom. The molecule has 0 aliphatic heterocycles. The van der Waals surface area contributed by atoms with Gasteiger partial charge >= 0.3 is 17.1 Å². The highest BCUT2D eigenvalue weighted by Crippen LogP contribution is 2.24. The molecule has 2 rings (SSSR count). The van der Waals surface area contributed by atoms with Gasteiger partial charge in [-0.15, -0.1) is 0 Å². The third kappa shape index (κ3) is 3.57. The van der Waals surface area contributed by atoms with Crippen molar-refractivity contribution >= 4 is 17.0 Å². The van der Waals surface area contributed by atoms with Crippen LogP contribution < -0.4 is 11.1 Å². The Kier molecular flexibility index (Phi) is 4.23. The minimum absolute atomic E-state index is 0.0191. The highest BCUT2D eigenvalue weighted by Gasteiger charge is 2.15. The molecule has 7 nitrogen and oxygen atoms in total. The van der Waals surface area contributed by atoms with Gasteiger partial charge in [-0.2, -0.15) is 0 Å². The predicted octanol–water partition coefficient (Wildman–Crippen LogP) is 0.751. The molecule has 0 fully saturated rings. The van der Waals surface area contributed by atoms with E-state index in [1.165, 1.54) is 0 Å². The highest BCUT2D eigenvalue weighted by molar-refractivity contribution is 5.74. The fourth-order valence-electron chi connectivity index (χ4n) is 2.24. The number of H-pyrrole nitrogens is 2. The Bertz CT molecular complexity index is 777. The molecule has 7 heteroatoms. The first-order valence-electron chi connectivity index (χ1n) is 6.53. The van der Waals surface area contributed by atoms with Crippen LogP contribution in [0.3, 0.4) is 0 Å². The molecule has 1 heterocycles. The molecular weight excluding hydrogens is 276 g/mol. The molecule has 0 bridgehead atoms. The largest absolute Gasteiger partial charge is 0.481 e. The van der Waals surface area contributed by atoms with E-state index >= 15 is 0 Å². The number of carboxylic acid groups (broad SMARTS) is 1. The van der Waals surface area contributed by atoms with E-state index in [0.29, 0.717) is 23.0 Å². The molecule has 1 aromatic heterocycles. The summed E-state index contributed by atoms with van der Waals surface area (Å²) >= 11 is 0. The summed E-state index contributed by atoms with van der Waals surface area (Å²) < 4.78 is 0. The molecule has 2 unspecified atom stereocenters. The van der Waals surface area contributed by atoms with Gasteiger partial charge in [-0.05, 0) is 30.0 Å². The monoisotopic (exact) mass is 292 g/mol. The lowest BCUT2D eigenvalue weighted by Gasteiger charge is -2.15. The number of aliphatic carboxylic acids is 1. The van der Waals surface area contributed by atoms with Crippen LogP contribution in [0.15, 0.2) is 27.8 Å². The van der Waals surface area contributed by atoms with Crippen LogP contribution in [-0.2, 0) is 4.79 Å². The van der Waals surface area contributed by atoms with Gasteiger partial charge in [0, 0.05) is 6.42 Å². The second kappa shape index (κ2) is 5.92. The molecular formula is C14H16N2O5. The van der Waals surface area contributed by atoms with Crippen molar-refractivity contribution in [3.63, 3.8) is 0 Å². The molecule has 0 aliphatic carbocycles. The van der Waals surface area contributed by atoms with Gasteiger partial charge in [0.2, 0.25) is 0 Å². The summed E-state index contributed by atoms with van der Waals surface area (Å²) in [6.07, 6.45) is -0.556. The maximum absolute atomic E-state index is 11.3. The molecule has 1 aromatic carbocycles. The number of fused-ring (bicyclic) bond motifs is 1. The number of nitrogens with one attached hydrogen (secondary N) is 2. The number of hydrogen-bond acceptors (Lipinski definition) is 4. The summed E-state index contributed by atoms with van der Waals surface area (Å²) in [7, 11) is 0. The van der Waals surface area contributed by atoms with Gasteiger partial charge in [0.25, 0.3) is 0 Å². The van der Waals surface area contributed by atoms with Crippen LogP contribution >= 0.6 is 0 Å². The fourth-order valence-corrected chi connectivity index (χ4v) is 2.24. The van der Waals surface area contributed by atoms with Crippen LogP contribution in [0, 0.1) is 5.92 Å². The van der Waals surface area contributed by atoms with Crippen molar-refractivity contribution in [2.24, 2.45) is 5.92 Å². The minimum atomic E-state index is -0.907. The van der Waals surface area contributed by atoms with E-state index in [9.17, 15) is 19.5 Å². The van der Waals surface area contributed by atoms with Crippen LogP contribution in [0.25, 0.3) is 11.0 Å². The molecule has 0 amide bonds. The number of aliphatic hydroxyl groups excluding tert-OH is 1. The number of rotatable bonds is 5. The Morgan fingerprint density at radius 2 is 1.81 bits per heavy atom. The van der Waals surface area contributed by atoms with E-state index in [0.717, 1.165) is 0 Å². The van der Waals surface area contributed by atoms with Crippen LogP contribution in [0.2, 0.25) is 0 Å². The second-order valence-corrected chi connectivity index (χ2v) is 5.17. The lowest BCUT2D eigenvalue weighted by Crippen LogP contribution is -2.28. The fraction of sp³-hybridized carbons (Fsp3) is 0.357. The third-order valence-electron chi connectivity index (χ3n) is 3.28. The second-order valence-electron chi connectivity index (χ2n) is 5.17. The number of carbonyl (C=O) groups is 1. The van der Waals surface area contributed by atoms with Crippen molar-refractivity contribution in [3.05, 3.63) is 44.5 Å². The number of carboxylic acids is 1. The topological polar surface area (TPSA) is 123 Å². The zero-order chi connectivity index (χ0) is 15.6. The van der Waals surface area contributed by atoms with Crippen molar-refractivity contribution < 1.29 is 15.0 Å². The quantitative estimate of drug-likeness (QED) is 0.605. The first-order valence-corrected chi connectivity index (χ1v) is 6.53. The lowest BCUT2D eigenvalue weighted by atomic mass is 9.95. The van der Waals surface area contributed by atoms with Crippen molar-refractivity contribution in [1.29, 1.82) is 0 Å². The van der Waals surface area contributed by atoms with Crippen LogP contribution in [-0.4, -0.2) is 26.2 Å². The minimum Gasteiger partial charge on any atom is -0.481 e. The van der Waals surface area contributed by atoms with Crippen molar-refractivity contribution in [1.82, 2.24) is 9.97 Å². The van der Waals surface area contributed by atoms with Gasteiger partial charge < -0.3 is 20.2 Å². The van der Waals surface area contributed by atoms with Crippen molar-refractivity contribution in [2.45, 2.75) is 25.9 Å². The molecule has 0 aliphatic rings. The summed E-state index contributed by atoms with van der Waals surface area (Å²) in [4.78, 5) is 38.0. The lowest BCUT2D eigenvalue weighted by molar-refractivity contribution is -0.138. The van der Waals surface area contributed by atoms with Gasteiger partial charge in [0.1, 0.15) is 0 Å². The average molecular weight is 292 g/mol. The summed E-state index contributed by atoms with van der Waals surface area (Å²) in [6, 6.07) is 4.80. The van der Waals surface area contributed by atoms with Gasteiger partial charge in [0.15, 0.2) is 0 Å². The number of aromatic amines is 2. The number of aliphatic hydroxyl groups is 1. The van der Waals surface area contributed by atoms with E-state index in [2.05, 4.69) is 9.97 Å². The molecule has 0 spiro atoms. The molecule has 0 saturated carbocycles. The Hall–Kier alpha value is -2.41. The van der Waals surface area contributed by atoms with Gasteiger partial charge in [0.05, 0.1) is 17.1 Å². The van der Waals surface area contributed by atoms with Crippen molar-refractivity contribution in [2.75, 3.05) is 0 Å². The summed E-state index contributed by atoms with van der Waals surface area (Å²) in [5.41, 5.74) is -0.0436. The third-order valence-corrected chi connectivity index (χ3v) is 3.28. The van der Waals surface area contributed by atoms with E-state index < -0.39 is 23.2 Å². The Labute approximate surface area is 119 Å². The molecule has 2 aromatic rings. The van der Waals surface area contributed by atoms with Gasteiger partial charge in [-0.1, -0.05) is 13.0 Å². The smallest absolute Gasteiger partial charge is 0.314 e. The van der Waals surface area contributed by atoms with E-state index in [1.54, 1.807) is 25.1 Å². The highest BCUT2D eigenvalue weighted by atomic mass is 16.4. The van der Waals surface area contributed by atoms with E-state index in [1.807, 2.05) is 0 Å². The number of hydrogen-bond donors (Lipinski definition) is 4. The molecule has 21 heavy (non-hydrogen) atoms. The molecule has 0 saturated heterocycles. The first kappa shape index (κ1) is 15.0. The van der Waals surface area contributed by atoms with E-state index in [-0.39, 0.29) is 12.3 Å². The molecule has 112 valence electrons. The van der Waals surface area contributed by atoms with Crippen LogP contribution in [0.5, 0.6) is 0 Å². The maximum Gasteiger partial charge on any atom is 0.314 e. The van der Waals surface area contributed by atoms with Gasteiger partial charge in [-0.3, -0.25) is 14.4 Å². The number of benzene rings is 1. The zero-order valence-corrected chi connectivity index (χ0v) is 11.4. The summed E-state index contributed by atoms with van der Waals surface area (Å²) in [5, 5.41) is 18.8. The molecule has 4 N–H and O–H groups in total. The molecule has 0 radical (unpaired) electrons. The zero-order valence-electron chi connectivity index (χ0n) is 11.4. The Balaban J connectivity index is 2.26. The average Bonchev–Trinajstić information content (AvgIpc) is 2.38. The van der Waals surface area contributed by atoms with Gasteiger partial charge in [-0.25, -0.2) is 0 Å². The van der Waals surface area contributed by atoms with Crippen LogP contribution in [0.4, 0.5) is 0 Å². The molecule has 2 atom stereocenters. The number of aromatic nitrogens is 2. The normalized spacial score (nSPS) is 14.0. The first-order chi connectivity index (χ1) is 9.86. The SMILES string of the molecule is CC(CC(=O)O)CC(O)c1ccc2[nH]c(=O)c(=O)[nH]c2c1. The van der Waals surface area contributed by atoms with Crippen molar-refractivity contribution in [3.8, 4) is 0 Å². The summed E-state index contributed by atoms with van der Waals surface area (Å²) in [5.74, 6) is -1.09.